The highest BCUT2D eigenvalue weighted by Crippen LogP contribution is 2.26. The van der Waals surface area contributed by atoms with Crippen LogP contribution < -0.4 is 10.5 Å². The van der Waals surface area contributed by atoms with Crippen LogP contribution in [0.2, 0.25) is 0 Å². The van der Waals surface area contributed by atoms with Crippen molar-refractivity contribution in [1.82, 2.24) is 0 Å². The SMILES string of the molecule is COc1cccc(C(N)CSc2ccc(Br)cc2)c1. The maximum absolute atomic E-state index is 6.21. The Balaban J connectivity index is 1.96. The molecule has 0 spiro atoms. The van der Waals surface area contributed by atoms with Gasteiger partial charge in [0.15, 0.2) is 0 Å². The third-order valence-corrected chi connectivity index (χ3v) is 4.43. The molecule has 0 saturated carbocycles. The summed E-state index contributed by atoms with van der Waals surface area (Å²) in [6, 6.07) is 16.2. The number of rotatable bonds is 5. The number of hydrogen-bond acceptors (Lipinski definition) is 3. The summed E-state index contributed by atoms with van der Waals surface area (Å²) in [5, 5.41) is 0. The van der Waals surface area contributed by atoms with Gasteiger partial charge in [-0.2, -0.15) is 0 Å². The Hall–Kier alpha value is -0.970. The van der Waals surface area contributed by atoms with Crippen LogP contribution in [0.5, 0.6) is 5.75 Å². The molecular formula is C15H16BrNOS. The molecule has 0 aliphatic heterocycles. The van der Waals surface area contributed by atoms with Crippen molar-refractivity contribution in [3.63, 3.8) is 0 Å². The van der Waals surface area contributed by atoms with Gasteiger partial charge >= 0.3 is 0 Å². The van der Waals surface area contributed by atoms with Crippen LogP contribution in [0.1, 0.15) is 11.6 Å². The van der Waals surface area contributed by atoms with Gasteiger partial charge in [-0.25, -0.2) is 0 Å². The summed E-state index contributed by atoms with van der Waals surface area (Å²) in [5.41, 5.74) is 7.31. The Bertz CT molecular complexity index is 530. The predicted octanol–water partition coefficient (Wildman–Crippen LogP) is 4.25. The fourth-order valence-electron chi connectivity index (χ4n) is 1.69. The maximum Gasteiger partial charge on any atom is 0.119 e. The van der Waals surface area contributed by atoms with Crippen molar-refractivity contribution in [2.45, 2.75) is 10.9 Å². The third-order valence-electron chi connectivity index (χ3n) is 2.77. The molecule has 2 rings (SSSR count). The molecular weight excluding hydrogens is 322 g/mol. The predicted molar refractivity (Wildman–Crippen MR) is 84.8 cm³/mol. The van der Waals surface area contributed by atoms with Gasteiger partial charge < -0.3 is 10.5 Å². The van der Waals surface area contributed by atoms with E-state index in [1.807, 2.05) is 36.4 Å². The van der Waals surface area contributed by atoms with Crippen LogP contribution in [0.3, 0.4) is 0 Å². The number of thioether (sulfide) groups is 1. The summed E-state index contributed by atoms with van der Waals surface area (Å²) in [5.74, 6) is 1.69. The molecule has 2 aromatic rings. The van der Waals surface area contributed by atoms with E-state index >= 15 is 0 Å². The summed E-state index contributed by atoms with van der Waals surface area (Å²) < 4.78 is 6.31. The monoisotopic (exact) mass is 337 g/mol. The summed E-state index contributed by atoms with van der Waals surface area (Å²) in [6.45, 7) is 0. The highest BCUT2D eigenvalue weighted by molar-refractivity contribution is 9.10. The van der Waals surface area contributed by atoms with E-state index in [9.17, 15) is 0 Å². The lowest BCUT2D eigenvalue weighted by molar-refractivity contribution is 0.414. The molecule has 1 unspecified atom stereocenters. The Labute approximate surface area is 126 Å². The van der Waals surface area contributed by atoms with Crippen molar-refractivity contribution < 1.29 is 4.74 Å². The molecule has 0 saturated heterocycles. The van der Waals surface area contributed by atoms with Gasteiger partial charge in [-0.3, -0.25) is 0 Å². The van der Waals surface area contributed by atoms with Gasteiger partial charge in [0.1, 0.15) is 5.75 Å². The lowest BCUT2D eigenvalue weighted by atomic mass is 10.1. The second-order valence-electron chi connectivity index (χ2n) is 4.15. The van der Waals surface area contributed by atoms with E-state index in [-0.39, 0.29) is 6.04 Å². The molecule has 0 aromatic heterocycles. The van der Waals surface area contributed by atoms with E-state index in [1.54, 1.807) is 18.9 Å². The summed E-state index contributed by atoms with van der Waals surface area (Å²) >= 11 is 5.19. The first kappa shape index (κ1) is 14.4. The molecule has 2 aromatic carbocycles. The highest BCUT2D eigenvalue weighted by atomic mass is 79.9. The molecule has 0 radical (unpaired) electrons. The first-order valence-corrected chi connectivity index (χ1v) is 7.75. The Morgan fingerprint density at radius 3 is 2.63 bits per heavy atom. The molecule has 1 atom stereocenters. The van der Waals surface area contributed by atoms with Crippen LogP contribution in [-0.2, 0) is 0 Å². The number of benzene rings is 2. The molecule has 100 valence electrons. The molecule has 2 nitrogen and oxygen atoms in total. The molecule has 0 aliphatic rings. The van der Waals surface area contributed by atoms with E-state index < -0.39 is 0 Å². The minimum absolute atomic E-state index is 0.00347. The highest BCUT2D eigenvalue weighted by Gasteiger charge is 2.07. The Morgan fingerprint density at radius 2 is 1.95 bits per heavy atom. The van der Waals surface area contributed by atoms with Crippen molar-refractivity contribution in [1.29, 1.82) is 0 Å². The number of ether oxygens (including phenoxy) is 1. The molecule has 0 amide bonds. The number of methoxy groups -OCH3 is 1. The minimum atomic E-state index is 0.00347. The summed E-state index contributed by atoms with van der Waals surface area (Å²) in [7, 11) is 1.67. The standard InChI is InChI=1S/C15H16BrNOS/c1-18-13-4-2-3-11(9-13)15(17)10-19-14-7-5-12(16)6-8-14/h2-9,15H,10,17H2,1H3. The first-order chi connectivity index (χ1) is 9.19. The minimum Gasteiger partial charge on any atom is -0.497 e. The fourth-order valence-corrected chi connectivity index (χ4v) is 2.84. The Kier molecular flexibility index (Phi) is 5.31. The van der Waals surface area contributed by atoms with Crippen LogP contribution in [0, 0.1) is 0 Å². The second-order valence-corrected chi connectivity index (χ2v) is 6.16. The average molecular weight is 338 g/mol. The second kappa shape index (κ2) is 6.98. The molecule has 19 heavy (non-hydrogen) atoms. The number of halogens is 1. The van der Waals surface area contributed by atoms with Crippen LogP contribution in [0.4, 0.5) is 0 Å². The summed E-state index contributed by atoms with van der Waals surface area (Å²) in [4.78, 5) is 1.22. The van der Waals surface area contributed by atoms with E-state index in [4.69, 9.17) is 10.5 Å². The molecule has 0 fully saturated rings. The molecule has 2 N–H and O–H groups in total. The van der Waals surface area contributed by atoms with Gasteiger partial charge in [0.25, 0.3) is 0 Å². The van der Waals surface area contributed by atoms with Crippen molar-refractivity contribution >= 4 is 27.7 Å². The number of hydrogen-bond donors (Lipinski definition) is 1. The zero-order valence-corrected chi connectivity index (χ0v) is 13.1. The lowest BCUT2D eigenvalue weighted by Gasteiger charge is -2.12. The third kappa shape index (κ3) is 4.27. The lowest BCUT2D eigenvalue weighted by Crippen LogP contribution is -2.12. The largest absolute Gasteiger partial charge is 0.497 e. The van der Waals surface area contributed by atoms with Gasteiger partial charge in [0, 0.05) is 21.2 Å². The Morgan fingerprint density at radius 1 is 1.21 bits per heavy atom. The van der Waals surface area contributed by atoms with E-state index in [2.05, 4.69) is 28.1 Å². The quantitative estimate of drug-likeness (QED) is 0.828. The zero-order chi connectivity index (χ0) is 13.7. The molecule has 0 bridgehead atoms. The van der Waals surface area contributed by atoms with Crippen molar-refractivity contribution in [2.24, 2.45) is 5.73 Å². The van der Waals surface area contributed by atoms with Gasteiger partial charge in [0.05, 0.1) is 7.11 Å². The van der Waals surface area contributed by atoms with Gasteiger partial charge in [-0.15, -0.1) is 11.8 Å². The first-order valence-electron chi connectivity index (χ1n) is 5.97. The normalized spacial score (nSPS) is 12.2. The fraction of sp³-hybridized carbons (Fsp3) is 0.200. The van der Waals surface area contributed by atoms with E-state index in [1.165, 1.54) is 4.90 Å². The van der Waals surface area contributed by atoms with Crippen LogP contribution in [0.15, 0.2) is 57.9 Å². The molecule has 0 aliphatic carbocycles. The molecule has 0 heterocycles. The topological polar surface area (TPSA) is 35.2 Å². The molecule has 4 heteroatoms. The van der Waals surface area contributed by atoms with Crippen LogP contribution in [0.25, 0.3) is 0 Å². The number of nitrogens with two attached hydrogens (primary N) is 1. The smallest absolute Gasteiger partial charge is 0.119 e. The van der Waals surface area contributed by atoms with E-state index in [0.717, 1.165) is 21.5 Å². The maximum atomic E-state index is 6.21. The van der Waals surface area contributed by atoms with Crippen molar-refractivity contribution in [3.05, 3.63) is 58.6 Å². The van der Waals surface area contributed by atoms with E-state index in [0.29, 0.717) is 0 Å². The van der Waals surface area contributed by atoms with Gasteiger partial charge in [0.2, 0.25) is 0 Å². The van der Waals surface area contributed by atoms with Gasteiger partial charge in [-0.1, -0.05) is 28.1 Å². The summed E-state index contributed by atoms with van der Waals surface area (Å²) in [6.07, 6.45) is 0. The van der Waals surface area contributed by atoms with Crippen LogP contribution in [-0.4, -0.2) is 12.9 Å². The van der Waals surface area contributed by atoms with Crippen LogP contribution >= 0.6 is 27.7 Å². The van der Waals surface area contributed by atoms with Crippen molar-refractivity contribution in [2.75, 3.05) is 12.9 Å². The average Bonchev–Trinajstić information content (AvgIpc) is 2.46. The zero-order valence-electron chi connectivity index (χ0n) is 10.7. The van der Waals surface area contributed by atoms with Crippen molar-refractivity contribution in [3.8, 4) is 5.75 Å². The van der Waals surface area contributed by atoms with Gasteiger partial charge in [-0.05, 0) is 42.0 Å².